The Hall–Kier alpha value is -0.123. The summed E-state index contributed by atoms with van der Waals surface area (Å²) in [6.45, 7) is 5.91. The highest BCUT2D eigenvalue weighted by atomic mass is 28.1. The Morgan fingerprint density at radius 1 is 1.07 bits per heavy atom. The fourth-order valence-electron chi connectivity index (χ4n) is 1.08. The third-order valence-electron chi connectivity index (χ3n) is 2.05. The molecule has 0 amide bonds. The van der Waals surface area contributed by atoms with Gasteiger partial charge in [-0.1, -0.05) is 32.8 Å². The van der Waals surface area contributed by atoms with E-state index in [1.165, 1.54) is 0 Å². The summed E-state index contributed by atoms with van der Waals surface area (Å²) in [4.78, 5) is 0. The molecule has 0 aliphatic carbocycles. The maximum atomic E-state index is 5.64. The Bertz CT molecular complexity index is 139. The highest BCUT2D eigenvalue weighted by Crippen LogP contribution is 2.05. The normalized spacial score (nSPS) is 11.7. The van der Waals surface area contributed by atoms with Crippen molar-refractivity contribution in [3.05, 3.63) is 11.8 Å². The fraction of sp³-hybridized carbons (Fsp3) is 0.833. The van der Waals surface area contributed by atoms with E-state index in [0.29, 0.717) is 0 Å². The third-order valence-corrected chi connectivity index (χ3v) is 2.29. The van der Waals surface area contributed by atoms with E-state index in [1.54, 1.807) is 0 Å². The summed E-state index contributed by atoms with van der Waals surface area (Å²) in [5.41, 5.74) is 1.85. The Balaban J connectivity index is 3.63. The predicted octanol–water partition coefficient (Wildman–Crippen LogP) is 3.02. The lowest BCUT2D eigenvalue weighted by Crippen LogP contribution is -2.18. The van der Waals surface area contributed by atoms with Crippen LogP contribution in [0.4, 0.5) is 0 Å². The molecule has 0 unspecified atom stereocenters. The molecule has 0 saturated carbocycles. The molecule has 0 N–H and O–H groups in total. The molecule has 0 fully saturated rings. The number of hydrogen-bond donors (Lipinski definition) is 0. The SMILES string of the molecule is CCCCOC(CC=C[Si])OCCCC. The quantitative estimate of drug-likeness (QED) is 0.324. The van der Waals surface area contributed by atoms with E-state index in [4.69, 9.17) is 9.47 Å². The highest BCUT2D eigenvalue weighted by molar-refractivity contribution is 6.16. The molecule has 3 heteroatoms. The average molecular weight is 227 g/mol. The van der Waals surface area contributed by atoms with Crippen LogP contribution in [0.2, 0.25) is 0 Å². The van der Waals surface area contributed by atoms with Crippen molar-refractivity contribution in [2.45, 2.75) is 52.2 Å². The molecule has 0 spiro atoms. The van der Waals surface area contributed by atoms with Gasteiger partial charge in [-0.15, -0.1) is 5.70 Å². The molecule has 2 nitrogen and oxygen atoms in total. The van der Waals surface area contributed by atoms with Crippen LogP contribution in [0.3, 0.4) is 0 Å². The zero-order chi connectivity index (χ0) is 11.4. The van der Waals surface area contributed by atoms with Crippen LogP contribution >= 0.6 is 0 Å². The van der Waals surface area contributed by atoms with Crippen LogP contribution in [0.1, 0.15) is 46.0 Å². The summed E-state index contributed by atoms with van der Waals surface area (Å²) in [6, 6.07) is 0. The Labute approximate surface area is 97.5 Å². The summed E-state index contributed by atoms with van der Waals surface area (Å²) < 4.78 is 11.3. The van der Waals surface area contributed by atoms with E-state index >= 15 is 0 Å². The van der Waals surface area contributed by atoms with Crippen LogP contribution < -0.4 is 0 Å². The molecule has 0 heterocycles. The van der Waals surface area contributed by atoms with Gasteiger partial charge in [0.1, 0.15) is 0 Å². The highest BCUT2D eigenvalue weighted by Gasteiger charge is 2.06. The first-order valence-electron chi connectivity index (χ1n) is 5.90. The van der Waals surface area contributed by atoms with Gasteiger partial charge in [0.2, 0.25) is 0 Å². The third kappa shape index (κ3) is 10.2. The van der Waals surface area contributed by atoms with Crippen molar-refractivity contribution in [3.8, 4) is 0 Å². The molecule has 0 bridgehead atoms. The molecule has 0 aromatic rings. The zero-order valence-corrected chi connectivity index (χ0v) is 11.0. The first-order chi connectivity index (χ1) is 7.35. The van der Waals surface area contributed by atoms with E-state index in [2.05, 4.69) is 24.1 Å². The molecule has 87 valence electrons. The van der Waals surface area contributed by atoms with E-state index in [0.717, 1.165) is 45.3 Å². The molecule has 0 saturated heterocycles. The second-order valence-corrected chi connectivity index (χ2v) is 3.85. The monoisotopic (exact) mass is 227 g/mol. The van der Waals surface area contributed by atoms with Gasteiger partial charge in [0, 0.05) is 19.6 Å². The lowest BCUT2D eigenvalue weighted by atomic mass is 10.3. The van der Waals surface area contributed by atoms with Crippen LogP contribution in [0, 0.1) is 0 Å². The molecule has 15 heavy (non-hydrogen) atoms. The second-order valence-electron chi connectivity index (χ2n) is 3.52. The molecule has 0 atom stereocenters. The number of ether oxygens (including phenoxy) is 2. The topological polar surface area (TPSA) is 18.5 Å². The first kappa shape index (κ1) is 14.9. The smallest absolute Gasteiger partial charge is 0.160 e. The van der Waals surface area contributed by atoms with Gasteiger partial charge in [-0.2, -0.15) is 0 Å². The maximum Gasteiger partial charge on any atom is 0.160 e. The van der Waals surface area contributed by atoms with Gasteiger partial charge in [-0.05, 0) is 12.8 Å². The van der Waals surface area contributed by atoms with Gasteiger partial charge in [0.05, 0.1) is 10.2 Å². The van der Waals surface area contributed by atoms with Crippen molar-refractivity contribution in [3.63, 3.8) is 0 Å². The molecule has 0 aliphatic heterocycles. The van der Waals surface area contributed by atoms with Crippen molar-refractivity contribution in [1.82, 2.24) is 0 Å². The van der Waals surface area contributed by atoms with Gasteiger partial charge < -0.3 is 9.47 Å². The van der Waals surface area contributed by atoms with Gasteiger partial charge in [0.25, 0.3) is 0 Å². The van der Waals surface area contributed by atoms with Crippen molar-refractivity contribution in [2.75, 3.05) is 13.2 Å². The summed E-state index contributed by atoms with van der Waals surface area (Å²) in [7, 11) is 3.30. The van der Waals surface area contributed by atoms with Crippen LogP contribution in [-0.2, 0) is 9.47 Å². The molecular weight excluding hydrogens is 204 g/mol. The average Bonchev–Trinajstić information content (AvgIpc) is 2.25. The van der Waals surface area contributed by atoms with Crippen molar-refractivity contribution >= 4 is 10.2 Å². The Morgan fingerprint density at radius 3 is 2.00 bits per heavy atom. The van der Waals surface area contributed by atoms with Crippen LogP contribution in [0.25, 0.3) is 0 Å². The van der Waals surface area contributed by atoms with E-state index in [-0.39, 0.29) is 6.29 Å². The lowest BCUT2D eigenvalue weighted by Gasteiger charge is -2.16. The summed E-state index contributed by atoms with van der Waals surface area (Å²) in [6.07, 6.45) is 7.29. The minimum atomic E-state index is -0.0734. The fourth-order valence-corrected chi connectivity index (χ4v) is 1.22. The van der Waals surface area contributed by atoms with Crippen molar-refractivity contribution in [2.24, 2.45) is 0 Å². The Morgan fingerprint density at radius 2 is 1.60 bits per heavy atom. The van der Waals surface area contributed by atoms with Gasteiger partial charge in [-0.25, -0.2) is 0 Å². The van der Waals surface area contributed by atoms with E-state index in [1.807, 2.05) is 11.8 Å². The molecule has 0 aliphatic rings. The molecule has 0 aromatic carbocycles. The van der Waals surface area contributed by atoms with Gasteiger partial charge >= 0.3 is 0 Å². The minimum Gasteiger partial charge on any atom is -0.352 e. The molecular formula is C12H23O2Si. The lowest BCUT2D eigenvalue weighted by molar-refractivity contribution is -0.140. The van der Waals surface area contributed by atoms with Crippen LogP contribution in [-0.4, -0.2) is 29.7 Å². The number of rotatable bonds is 10. The first-order valence-corrected chi connectivity index (χ1v) is 6.48. The van der Waals surface area contributed by atoms with Crippen molar-refractivity contribution < 1.29 is 9.47 Å². The zero-order valence-electron chi connectivity index (χ0n) is 10.00. The number of hydrogen-bond acceptors (Lipinski definition) is 2. The minimum absolute atomic E-state index is 0.0734. The summed E-state index contributed by atoms with van der Waals surface area (Å²) in [5, 5.41) is 0. The Kier molecular flexibility index (Phi) is 11.9. The van der Waals surface area contributed by atoms with Crippen LogP contribution in [0.5, 0.6) is 0 Å². The molecule has 0 aromatic heterocycles. The van der Waals surface area contributed by atoms with E-state index in [9.17, 15) is 0 Å². The molecule has 3 radical (unpaired) electrons. The molecule has 0 rings (SSSR count). The number of unbranched alkanes of at least 4 members (excludes halogenated alkanes) is 2. The maximum absolute atomic E-state index is 5.64. The predicted molar refractivity (Wildman–Crippen MR) is 65.0 cm³/mol. The van der Waals surface area contributed by atoms with Crippen LogP contribution in [0.15, 0.2) is 11.8 Å². The summed E-state index contributed by atoms with van der Waals surface area (Å²) >= 11 is 0. The van der Waals surface area contributed by atoms with Gasteiger partial charge in [-0.3, -0.25) is 0 Å². The largest absolute Gasteiger partial charge is 0.352 e. The van der Waals surface area contributed by atoms with Crippen molar-refractivity contribution in [1.29, 1.82) is 0 Å². The summed E-state index contributed by atoms with van der Waals surface area (Å²) in [5.74, 6) is 0. The second kappa shape index (κ2) is 11.9. The van der Waals surface area contributed by atoms with E-state index < -0.39 is 0 Å². The standard InChI is InChI=1S/C12H23O2Si/c1-3-5-9-13-12(8-7-11-15)14-10-6-4-2/h7,11-12H,3-6,8-10H2,1-2H3. The van der Waals surface area contributed by atoms with Gasteiger partial charge in [0.15, 0.2) is 6.29 Å².